The Balaban J connectivity index is 2.36. The predicted molar refractivity (Wildman–Crippen MR) is 59.3 cm³/mol. The van der Waals surface area contributed by atoms with Gasteiger partial charge in [0.15, 0.2) is 11.6 Å². The van der Waals surface area contributed by atoms with E-state index in [2.05, 4.69) is 10.1 Å². The number of benzene rings is 1. The Labute approximate surface area is 103 Å². The Kier molecular flexibility index (Phi) is 3.88. The van der Waals surface area contributed by atoms with Gasteiger partial charge in [0, 0.05) is 13.1 Å². The third kappa shape index (κ3) is 2.49. The summed E-state index contributed by atoms with van der Waals surface area (Å²) in [7, 11) is 1.12. The number of halogens is 2. The number of nitrogens with one attached hydrogen (secondary N) is 1. The van der Waals surface area contributed by atoms with E-state index in [9.17, 15) is 13.6 Å². The lowest BCUT2D eigenvalue weighted by Gasteiger charge is -2.24. The van der Waals surface area contributed by atoms with Gasteiger partial charge in [-0.1, -0.05) is 0 Å². The van der Waals surface area contributed by atoms with Crippen molar-refractivity contribution in [1.82, 2.24) is 5.32 Å². The van der Waals surface area contributed by atoms with Gasteiger partial charge in [-0.15, -0.1) is 0 Å². The lowest BCUT2D eigenvalue weighted by Crippen LogP contribution is -2.33. The summed E-state index contributed by atoms with van der Waals surface area (Å²) in [6.07, 6.45) is -0.391. The number of esters is 1. The van der Waals surface area contributed by atoms with Gasteiger partial charge in [-0.25, -0.2) is 13.6 Å². The molecular formula is C12H13F2NO3. The van der Waals surface area contributed by atoms with Crippen LogP contribution >= 0.6 is 0 Å². The summed E-state index contributed by atoms with van der Waals surface area (Å²) in [5, 5.41) is 3.07. The number of hydrogen-bond donors (Lipinski definition) is 1. The van der Waals surface area contributed by atoms with E-state index in [0.717, 1.165) is 13.2 Å². The molecule has 1 aromatic carbocycles. The Hall–Kier alpha value is -1.53. The van der Waals surface area contributed by atoms with Crippen molar-refractivity contribution in [3.8, 4) is 0 Å². The molecule has 1 saturated heterocycles. The maximum absolute atomic E-state index is 13.5. The molecule has 0 saturated carbocycles. The molecule has 0 amide bonds. The molecule has 0 aliphatic carbocycles. The minimum Gasteiger partial charge on any atom is -0.465 e. The fourth-order valence-electron chi connectivity index (χ4n) is 1.83. The van der Waals surface area contributed by atoms with Gasteiger partial charge in [0.1, 0.15) is 0 Å². The number of hydrogen-bond acceptors (Lipinski definition) is 4. The highest BCUT2D eigenvalue weighted by Crippen LogP contribution is 2.24. The van der Waals surface area contributed by atoms with Gasteiger partial charge in [0.25, 0.3) is 0 Å². The van der Waals surface area contributed by atoms with Crippen molar-refractivity contribution in [2.75, 3.05) is 26.8 Å². The fourth-order valence-corrected chi connectivity index (χ4v) is 1.83. The fraction of sp³-hybridized carbons (Fsp3) is 0.417. The summed E-state index contributed by atoms with van der Waals surface area (Å²) in [5.74, 6) is -3.19. The number of rotatable bonds is 2. The van der Waals surface area contributed by atoms with E-state index in [-0.39, 0.29) is 0 Å². The summed E-state index contributed by atoms with van der Waals surface area (Å²) in [6.45, 7) is 1.69. The van der Waals surface area contributed by atoms with Crippen molar-refractivity contribution < 1.29 is 23.0 Å². The minimum absolute atomic E-state index is 0.391. The van der Waals surface area contributed by atoms with Crippen LogP contribution in [0.3, 0.4) is 0 Å². The van der Waals surface area contributed by atoms with Gasteiger partial charge >= 0.3 is 5.97 Å². The second-order valence-corrected chi connectivity index (χ2v) is 3.92. The molecule has 1 aliphatic rings. The maximum Gasteiger partial charge on any atom is 0.340 e. The molecule has 1 N–H and O–H groups in total. The van der Waals surface area contributed by atoms with E-state index >= 15 is 0 Å². The van der Waals surface area contributed by atoms with Gasteiger partial charge in [0.05, 0.1) is 25.4 Å². The average Bonchev–Trinajstić information content (AvgIpc) is 2.41. The topological polar surface area (TPSA) is 47.6 Å². The minimum atomic E-state index is -1.20. The number of ether oxygens (including phenoxy) is 2. The van der Waals surface area contributed by atoms with Crippen LogP contribution in [-0.2, 0) is 9.47 Å². The average molecular weight is 257 g/mol. The van der Waals surface area contributed by atoms with Gasteiger partial charge in [-0.05, 0) is 17.7 Å². The van der Waals surface area contributed by atoms with Crippen LogP contribution in [-0.4, -0.2) is 32.8 Å². The Morgan fingerprint density at radius 1 is 1.50 bits per heavy atom. The Morgan fingerprint density at radius 2 is 2.28 bits per heavy atom. The third-order valence-corrected chi connectivity index (χ3v) is 2.76. The quantitative estimate of drug-likeness (QED) is 0.814. The molecule has 1 aromatic rings. The summed E-state index contributed by atoms with van der Waals surface area (Å²) in [4.78, 5) is 11.3. The van der Waals surface area contributed by atoms with Gasteiger partial charge in [-0.3, -0.25) is 0 Å². The molecule has 2 rings (SSSR count). The van der Waals surface area contributed by atoms with E-state index in [1.165, 1.54) is 6.07 Å². The summed E-state index contributed by atoms with van der Waals surface area (Å²) < 4.78 is 36.7. The van der Waals surface area contributed by atoms with Crippen LogP contribution in [0.5, 0.6) is 0 Å². The maximum atomic E-state index is 13.5. The summed E-state index contributed by atoms with van der Waals surface area (Å²) in [5.41, 5.74) is 0.00294. The van der Waals surface area contributed by atoms with Crippen molar-refractivity contribution >= 4 is 5.97 Å². The molecule has 18 heavy (non-hydrogen) atoms. The van der Waals surface area contributed by atoms with Crippen molar-refractivity contribution in [2.45, 2.75) is 6.10 Å². The highest BCUT2D eigenvalue weighted by molar-refractivity contribution is 5.89. The largest absolute Gasteiger partial charge is 0.465 e. The van der Waals surface area contributed by atoms with E-state index in [4.69, 9.17) is 4.74 Å². The first-order valence-electron chi connectivity index (χ1n) is 5.53. The molecule has 1 aliphatic heterocycles. The van der Waals surface area contributed by atoms with Crippen molar-refractivity contribution in [1.29, 1.82) is 0 Å². The number of carbonyl (C=O) groups excluding carboxylic acids is 1. The molecule has 0 spiro atoms. The SMILES string of the molecule is COC(=O)c1cc(C2CNCCO2)cc(F)c1F. The van der Waals surface area contributed by atoms with Crippen LogP contribution in [0.25, 0.3) is 0 Å². The molecular weight excluding hydrogens is 244 g/mol. The highest BCUT2D eigenvalue weighted by atomic mass is 19.2. The lowest BCUT2D eigenvalue weighted by atomic mass is 10.0. The molecule has 4 nitrogen and oxygen atoms in total. The molecule has 1 atom stereocenters. The van der Waals surface area contributed by atoms with Crippen LogP contribution < -0.4 is 5.32 Å². The van der Waals surface area contributed by atoms with Gasteiger partial charge in [0.2, 0.25) is 0 Å². The van der Waals surface area contributed by atoms with E-state index in [1.807, 2.05) is 0 Å². The third-order valence-electron chi connectivity index (χ3n) is 2.76. The second-order valence-electron chi connectivity index (χ2n) is 3.92. The first-order chi connectivity index (χ1) is 8.63. The van der Waals surface area contributed by atoms with E-state index < -0.39 is 29.3 Å². The molecule has 0 bridgehead atoms. The van der Waals surface area contributed by atoms with E-state index in [1.54, 1.807) is 0 Å². The monoisotopic (exact) mass is 257 g/mol. The predicted octanol–water partition coefficient (Wildman–Crippen LogP) is 1.41. The van der Waals surface area contributed by atoms with Crippen molar-refractivity contribution in [2.24, 2.45) is 0 Å². The zero-order valence-corrected chi connectivity index (χ0v) is 9.83. The molecule has 1 heterocycles. The van der Waals surface area contributed by atoms with E-state index in [0.29, 0.717) is 25.3 Å². The first-order valence-corrected chi connectivity index (χ1v) is 5.53. The van der Waals surface area contributed by atoms with Crippen LogP contribution in [0, 0.1) is 11.6 Å². The second kappa shape index (κ2) is 5.41. The molecule has 1 unspecified atom stereocenters. The van der Waals surface area contributed by atoms with Crippen molar-refractivity contribution in [3.63, 3.8) is 0 Å². The van der Waals surface area contributed by atoms with Crippen LogP contribution in [0.1, 0.15) is 22.0 Å². The normalized spacial score (nSPS) is 19.6. The number of carbonyl (C=O) groups is 1. The lowest BCUT2D eigenvalue weighted by molar-refractivity contribution is 0.0273. The van der Waals surface area contributed by atoms with Crippen LogP contribution in [0.15, 0.2) is 12.1 Å². The molecule has 6 heteroatoms. The van der Waals surface area contributed by atoms with Gasteiger partial charge in [-0.2, -0.15) is 0 Å². The number of methoxy groups -OCH3 is 1. The smallest absolute Gasteiger partial charge is 0.340 e. The summed E-state index contributed by atoms with van der Waals surface area (Å²) in [6, 6.07) is 2.31. The standard InChI is InChI=1S/C12H13F2NO3/c1-17-12(16)8-4-7(5-9(13)11(8)14)10-6-15-2-3-18-10/h4-5,10,15H,2-3,6H2,1H3. The van der Waals surface area contributed by atoms with Crippen molar-refractivity contribution in [3.05, 3.63) is 34.9 Å². The Bertz CT molecular complexity index is 459. The zero-order valence-electron chi connectivity index (χ0n) is 9.83. The van der Waals surface area contributed by atoms with Gasteiger partial charge < -0.3 is 14.8 Å². The Morgan fingerprint density at radius 3 is 2.89 bits per heavy atom. The highest BCUT2D eigenvalue weighted by Gasteiger charge is 2.23. The molecule has 0 radical (unpaired) electrons. The summed E-state index contributed by atoms with van der Waals surface area (Å²) >= 11 is 0. The molecule has 98 valence electrons. The van der Waals surface area contributed by atoms with Crippen LogP contribution in [0.2, 0.25) is 0 Å². The molecule has 1 fully saturated rings. The first kappa shape index (κ1) is 12.9. The number of morpholine rings is 1. The molecule has 0 aromatic heterocycles. The zero-order chi connectivity index (χ0) is 13.1. The van der Waals surface area contributed by atoms with Crippen LogP contribution in [0.4, 0.5) is 8.78 Å².